The molecule has 1 aromatic carbocycles. The summed E-state index contributed by atoms with van der Waals surface area (Å²) >= 11 is 5.81. The monoisotopic (exact) mass is 224 g/mol. The molecule has 0 radical (unpaired) electrons. The van der Waals surface area contributed by atoms with Gasteiger partial charge < -0.3 is 4.74 Å². The van der Waals surface area contributed by atoms with E-state index in [1.807, 2.05) is 0 Å². The quantitative estimate of drug-likeness (QED) is 0.543. The van der Waals surface area contributed by atoms with E-state index in [-0.39, 0.29) is 18.6 Å². The summed E-state index contributed by atoms with van der Waals surface area (Å²) in [7, 11) is 0. The van der Waals surface area contributed by atoms with E-state index in [2.05, 4.69) is 0 Å². The van der Waals surface area contributed by atoms with Gasteiger partial charge in [-0.2, -0.15) is 0 Å². The Hall–Kier alpha value is -1.35. The first-order chi connectivity index (χ1) is 7.15. The van der Waals surface area contributed by atoms with Gasteiger partial charge in [0, 0.05) is 11.4 Å². The van der Waals surface area contributed by atoms with E-state index in [4.69, 9.17) is 16.3 Å². The minimum atomic E-state index is -0.475. The largest absolute Gasteiger partial charge is 0.457 e. The lowest BCUT2D eigenvalue weighted by atomic mass is 10.0. The molecule has 1 unspecified atom stereocenters. The van der Waals surface area contributed by atoms with Crippen molar-refractivity contribution in [2.24, 2.45) is 0 Å². The Bertz CT molecular complexity index is 398. The van der Waals surface area contributed by atoms with Crippen molar-refractivity contribution in [2.75, 3.05) is 0 Å². The van der Waals surface area contributed by atoms with E-state index < -0.39 is 12.1 Å². The van der Waals surface area contributed by atoms with Crippen molar-refractivity contribution in [1.29, 1.82) is 0 Å². The van der Waals surface area contributed by atoms with Crippen molar-refractivity contribution >= 4 is 23.4 Å². The molecule has 2 rings (SSSR count). The second kappa shape index (κ2) is 4.03. The van der Waals surface area contributed by atoms with Crippen LogP contribution in [0.4, 0.5) is 0 Å². The Morgan fingerprint density at radius 2 is 2.13 bits per heavy atom. The fraction of sp³-hybridized carbons (Fsp3) is 0.273. The molecule has 1 aliphatic rings. The van der Waals surface area contributed by atoms with Crippen LogP contribution in [0.3, 0.4) is 0 Å². The van der Waals surface area contributed by atoms with Crippen LogP contribution in [0.2, 0.25) is 5.02 Å². The van der Waals surface area contributed by atoms with Gasteiger partial charge in [0.2, 0.25) is 0 Å². The summed E-state index contributed by atoms with van der Waals surface area (Å²) in [5.74, 6) is -0.549. The first kappa shape index (κ1) is 10.2. The molecule has 1 heterocycles. The van der Waals surface area contributed by atoms with Gasteiger partial charge in [-0.1, -0.05) is 23.7 Å². The van der Waals surface area contributed by atoms with E-state index in [0.717, 1.165) is 5.56 Å². The molecule has 1 saturated heterocycles. The maximum atomic E-state index is 11.2. The lowest BCUT2D eigenvalue weighted by molar-refractivity contribution is -0.158. The topological polar surface area (TPSA) is 43.4 Å². The number of hydrogen-bond acceptors (Lipinski definition) is 3. The van der Waals surface area contributed by atoms with Gasteiger partial charge in [-0.15, -0.1) is 0 Å². The number of carbonyl (C=O) groups is 2. The number of Topliss-reactive ketones (excluding diaryl/α,β-unsaturated/α-hetero) is 1. The molecule has 0 N–H and O–H groups in total. The molecule has 0 saturated carbocycles. The van der Waals surface area contributed by atoms with Gasteiger partial charge in [-0.05, 0) is 17.7 Å². The van der Waals surface area contributed by atoms with Crippen LogP contribution in [0.1, 0.15) is 24.5 Å². The Morgan fingerprint density at radius 1 is 1.33 bits per heavy atom. The van der Waals surface area contributed by atoms with E-state index >= 15 is 0 Å². The number of halogens is 1. The molecule has 1 atom stereocenters. The third kappa shape index (κ3) is 2.36. The predicted octanol–water partition coefficient (Wildman–Crippen LogP) is 2.29. The maximum absolute atomic E-state index is 11.2. The summed E-state index contributed by atoms with van der Waals surface area (Å²) in [5, 5.41) is 0.571. The summed E-state index contributed by atoms with van der Waals surface area (Å²) in [6.45, 7) is 0. The molecule has 1 aromatic rings. The van der Waals surface area contributed by atoms with Crippen LogP contribution in [0.15, 0.2) is 24.3 Å². The van der Waals surface area contributed by atoms with Gasteiger partial charge in [-0.25, -0.2) is 0 Å². The van der Waals surface area contributed by atoms with Crippen molar-refractivity contribution in [2.45, 2.75) is 18.9 Å². The van der Waals surface area contributed by atoms with Crippen LogP contribution >= 0.6 is 11.6 Å². The van der Waals surface area contributed by atoms with Crippen LogP contribution in [-0.4, -0.2) is 11.8 Å². The summed E-state index contributed by atoms with van der Waals surface area (Å²) in [6, 6.07) is 7.00. The second-order valence-electron chi connectivity index (χ2n) is 3.45. The average Bonchev–Trinajstić information content (AvgIpc) is 2.16. The van der Waals surface area contributed by atoms with E-state index in [1.165, 1.54) is 0 Å². The third-order valence-electron chi connectivity index (χ3n) is 2.25. The Balaban J connectivity index is 2.23. The minimum absolute atomic E-state index is 0.0868. The molecule has 4 heteroatoms. The van der Waals surface area contributed by atoms with Gasteiger partial charge in [0.1, 0.15) is 18.3 Å². The van der Waals surface area contributed by atoms with E-state index in [0.29, 0.717) is 5.02 Å². The maximum Gasteiger partial charge on any atom is 0.313 e. The zero-order valence-corrected chi connectivity index (χ0v) is 8.66. The Morgan fingerprint density at radius 3 is 2.80 bits per heavy atom. The van der Waals surface area contributed by atoms with Crippen molar-refractivity contribution in [3.8, 4) is 0 Å². The summed E-state index contributed by atoms with van der Waals surface area (Å²) < 4.78 is 5.08. The highest BCUT2D eigenvalue weighted by atomic mass is 35.5. The number of carbonyl (C=O) groups excluding carboxylic acids is 2. The molecule has 78 valence electrons. The lowest BCUT2D eigenvalue weighted by Crippen LogP contribution is -2.24. The molecule has 3 nitrogen and oxygen atoms in total. The first-order valence-electron chi connectivity index (χ1n) is 4.62. The van der Waals surface area contributed by atoms with Crippen molar-refractivity contribution in [3.05, 3.63) is 34.9 Å². The predicted molar refractivity (Wildman–Crippen MR) is 54.5 cm³/mol. The van der Waals surface area contributed by atoms with Gasteiger partial charge in [0.05, 0.1) is 0 Å². The normalized spacial score (nSPS) is 21.3. The molecule has 0 aliphatic carbocycles. The SMILES string of the molecule is O=C1CC(=O)OC(c2cccc(Cl)c2)C1. The smallest absolute Gasteiger partial charge is 0.313 e. The summed E-state index contributed by atoms with van der Waals surface area (Å²) in [6.07, 6.45) is -0.346. The molecule has 1 aliphatic heterocycles. The zero-order chi connectivity index (χ0) is 10.8. The molecular formula is C11H9ClO3. The Kier molecular flexibility index (Phi) is 2.73. The highest BCUT2D eigenvalue weighted by Gasteiger charge is 2.27. The van der Waals surface area contributed by atoms with Crippen LogP contribution in [-0.2, 0) is 14.3 Å². The molecule has 0 bridgehead atoms. The fourth-order valence-corrected chi connectivity index (χ4v) is 1.77. The minimum Gasteiger partial charge on any atom is -0.457 e. The third-order valence-corrected chi connectivity index (χ3v) is 2.48. The number of ketones is 1. The van der Waals surface area contributed by atoms with Gasteiger partial charge in [-0.3, -0.25) is 9.59 Å². The van der Waals surface area contributed by atoms with Crippen molar-refractivity contribution < 1.29 is 14.3 Å². The molecular weight excluding hydrogens is 216 g/mol. The van der Waals surface area contributed by atoms with Crippen LogP contribution < -0.4 is 0 Å². The highest BCUT2D eigenvalue weighted by Crippen LogP contribution is 2.28. The molecule has 15 heavy (non-hydrogen) atoms. The van der Waals surface area contributed by atoms with Crippen LogP contribution in [0, 0.1) is 0 Å². The first-order valence-corrected chi connectivity index (χ1v) is 4.99. The second-order valence-corrected chi connectivity index (χ2v) is 3.89. The average molecular weight is 225 g/mol. The highest BCUT2D eigenvalue weighted by molar-refractivity contribution is 6.30. The number of cyclic esters (lactones) is 1. The molecule has 0 aromatic heterocycles. The zero-order valence-electron chi connectivity index (χ0n) is 7.90. The standard InChI is InChI=1S/C11H9ClO3/c12-8-3-1-2-7(4-8)10-5-9(13)6-11(14)15-10/h1-4,10H,5-6H2. The van der Waals surface area contributed by atoms with Gasteiger partial charge in [0.15, 0.2) is 0 Å². The number of benzene rings is 1. The lowest BCUT2D eigenvalue weighted by Gasteiger charge is -2.21. The number of ether oxygens (including phenoxy) is 1. The summed E-state index contributed by atoms with van der Waals surface area (Å²) in [5.41, 5.74) is 0.768. The van der Waals surface area contributed by atoms with Crippen LogP contribution in [0.5, 0.6) is 0 Å². The number of rotatable bonds is 1. The van der Waals surface area contributed by atoms with E-state index in [9.17, 15) is 9.59 Å². The van der Waals surface area contributed by atoms with Gasteiger partial charge in [0.25, 0.3) is 0 Å². The van der Waals surface area contributed by atoms with E-state index in [1.54, 1.807) is 24.3 Å². The molecule has 0 spiro atoms. The Labute approximate surface area is 92.0 Å². The molecule has 1 fully saturated rings. The fourth-order valence-electron chi connectivity index (χ4n) is 1.57. The van der Waals surface area contributed by atoms with Gasteiger partial charge >= 0.3 is 5.97 Å². The number of esters is 1. The molecule has 0 amide bonds. The van der Waals surface area contributed by atoms with Crippen molar-refractivity contribution in [3.63, 3.8) is 0 Å². The number of hydrogen-bond donors (Lipinski definition) is 0. The van der Waals surface area contributed by atoms with Crippen LogP contribution in [0.25, 0.3) is 0 Å². The van der Waals surface area contributed by atoms with Crippen molar-refractivity contribution in [1.82, 2.24) is 0 Å². The summed E-state index contributed by atoms with van der Waals surface area (Å²) in [4.78, 5) is 22.3.